The number of nitrogens with zero attached hydrogens (tertiary/aromatic N) is 1. The Hall–Kier alpha value is -2.11. The zero-order valence-corrected chi connectivity index (χ0v) is 12.4. The van der Waals surface area contributed by atoms with Gasteiger partial charge in [0.1, 0.15) is 5.75 Å². The maximum absolute atomic E-state index is 11.9. The SMILES string of the molecule is Cc1cc(O[C@@H](C)C(=O)NC(C)(C)C)ccc1[N+](=O)[O-]. The van der Waals surface area contributed by atoms with Gasteiger partial charge in [-0.15, -0.1) is 0 Å². The smallest absolute Gasteiger partial charge is 0.272 e. The lowest BCUT2D eigenvalue weighted by Crippen LogP contribution is -2.46. The molecule has 1 aromatic rings. The summed E-state index contributed by atoms with van der Waals surface area (Å²) in [6.45, 7) is 8.91. The number of nitro benzene ring substituents is 1. The Morgan fingerprint density at radius 2 is 2.00 bits per heavy atom. The van der Waals surface area contributed by atoms with Crippen molar-refractivity contribution < 1.29 is 14.5 Å². The number of hydrogen-bond acceptors (Lipinski definition) is 4. The van der Waals surface area contributed by atoms with E-state index < -0.39 is 11.0 Å². The molecule has 0 bridgehead atoms. The van der Waals surface area contributed by atoms with Crippen LogP contribution in [0.5, 0.6) is 5.75 Å². The van der Waals surface area contributed by atoms with Crippen molar-refractivity contribution in [1.82, 2.24) is 5.32 Å². The van der Waals surface area contributed by atoms with Crippen LogP contribution >= 0.6 is 0 Å². The molecule has 1 N–H and O–H groups in total. The highest BCUT2D eigenvalue weighted by Crippen LogP contribution is 2.23. The van der Waals surface area contributed by atoms with Gasteiger partial charge in [0.05, 0.1) is 4.92 Å². The first kappa shape index (κ1) is 15.9. The fourth-order valence-electron chi connectivity index (χ4n) is 1.63. The van der Waals surface area contributed by atoms with Gasteiger partial charge in [-0.2, -0.15) is 0 Å². The van der Waals surface area contributed by atoms with Gasteiger partial charge in [-0.3, -0.25) is 14.9 Å². The second-order valence-electron chi connectivity index (χ2n) is 5.70. The minimum atomic E-state index is -0.671. The van der Waals surface area contributed by atoms with Gasteiger partial charge in [0.15, 0.2) is 6.10 Å². The maximum Gasteiger partial charge on any atom is 0.272 e. The average Bonchev–Trinajstić information content (AvgIpc) is 2.26. The molecule has 110 valence electrons. The summed E-state index contributed by atoms with van der Waals surface area (Å²) in [5, 5.41) is 13.5. The van der Waals surface area contributed by atoms with E-state index in [1.165, 1.54) is 12.1 Å². The normalized spacial score (nSPS) is 12.7. The zero-order chi connectivity index (χ0) is 15.5. The minimum Gasteiger partial charge on any atom is -0.481 e. The molecule has 1 aromatic carbocycles. The van der Waals surface area contributed by atoms with Gasteiger partial charge in [0.2, 0.25) is 0 Å². The first-order valence-electron chi connectivity index (χ1n) is 6.34. The second-order valence-corrected chi connectivity index (χ2v) is 5.70. The Bertz CT molecular complexity index is 520. The Morgan fingerprint density at radius 3 is 2.45 bits per heavy atom. The summed E-state index contributed by atoms with van der Waals surface area (Å²) in [7, 11) is 0. The van der Waals surface area contributed by atoms with E-state index in [2.05, 4.69) is 5.32 Å². The number of hydrogen-bond donors (Lipinski definition) is 1. The molecule has 0 aliphatic heterocycles. The number of nitrogens with one attached hydrogen (secondary N) is 1. The number of nitro groups is 1. The molecule has 1 rings (SSSR count). The van der Waals surface area contributed by atoms with Gasteiger partial charge in [0, 0.05) is 17.2 Å². The standard InChI is InChI=1S/C14H20N2O4/c1-9-8-11(6-7-12(9)16(18)19)20-10(2)13(17)15-14(3,4)5/h6-8,10H,1-5H3,(H,15,17)/t10-/m0/s1. The lowest BCUT2D eigenvalue weighted by atomic mass is 10.1. The average molecular weight is 280 g/mol. The Balaban J connectivity index is 2.76. The summed E-state index contributed by atoms with van der Waals surface area (Å²) < 4.78 is 5.50. The van der Waals surface area contributed by atoms with E-state index in [0.29, 0.717) is 11.3 Å². The molecule has 1 amide bonds. The number of rotatable bonds is 4. The first-order valence-corrected chi connectivity index (χ1v) is 6.34. The van der Waals surface area contributed by atoms with Crippen molar-refractivity contribution in [2.24, 2.45) is 0 Å². The Morgan fingerprint density at radius 1 is 1.40 bits per heavy atom. The quantitative estimate of drug-likeness (QED) is 0.679. The van der Waals surface area contributed by atoms with E-state index >= 15 is 0 Å². The molecular weight excluding hydrogens is 260 g/mol. The molecule has 0 aliphatic rings. The summed E-state index contributed by atoms with van der Waals surface area (Å²) in [6.07, 6.45) is -0.671. The lowest BCUT2D eigenvalue weighted by molar-refractivity contribution is -0.385. The van der Waals surface area contributed by atoms with Gasteiger partial charge in [-0.05, 0) is 46.8 Å². The molecule has 20 heavy (non-hydrogen) atoms. The predicted molar refractivity (Wildman–Crippen MR) is 75.8 cm³/mol. The molecular formula is C14H20N2O4. The first-order chi connectivity index (χ1) is 9.10. The van der Waals surface area contributed by atoms with E-state index in [1.54, 1.807) is 19.9 Å². The lowest BCUT2D eigenvalue weighted by Gasteiger charge is -2.23. The summed E-state index contributed by atoms with van der Waals surface area (Å²) >= 11 is 0. The van der Waals surface area contributed by atoms with Crippen molar-refractivity contribution in [2.75, 3.05) is 0 Å². The molecule has 0 fully saturated rings. The monoisotopic (exact) mass is 280 g/mol. The van der Waals surface area contributed by atoms with Crippen LogP contribution in [-0.4, -0.2) is 22.5 Å². The van der Waals surface area contributed by atoms with Crippen LogP contribution in [0, 0.1) is 17.0 Å². The van der Waals surface area contributed by atoms with Gasteiger partial charge < -0.3 is 10.1 Å². The van der Waals surface area contributed by atoms with Crippen molar-refractivity contribution in [3.63, 3.8) is 0 Å². The van der Waals surface area contributed by atoms with Gasteiger partial charge in [-0.25, -0.2) is 0 Å². The van der Waals surface area contributed by atoms with Crippen LogP contribution < -0.4 is 10.1 Å². The number of carbonyl (C=O) groups excluding carboxylic acids is 1. The largest absolute Gasteiger partial charge is 0.481 e. The third-order valence-electron chi connectivity index (χ3n) is 2.55. The van der Waals surface area contributed by atoms with Crippen LogP contribution in [0.15, 0.2) is 18.2 Å². The molecule has 0 saturated carbocycles. The molecule has 0 aromatic heterocycles. The molecule has 6 nitrogen and oxygen atoms in total. The molecule has 0 aliphatic carbocycles. The second kappa shape index (κ2) is 5.90. The van der Waals surface area contributed by atoms with Gasteiger partial charge in [-0.1, -0.05) is 0 Å². The Labute approximate surface area is 118 Å². The highest BCUT2D eigenvalue weighted by Gasteiger charge is 2.21. The van der Waals surface area contributed by atoms with Gasteiger partial charge in [0.25, 0.3) is 11.6 Å². The number of benzene rings is 1. The number of amides is 1. The van der Waals surface area contributed by atoms with Crippen molar-refractivity contribution >= 4 is 11.6 Å². The Kier molecular flexibility index (Phi) is 4.70. The summed E-state index contributed by atoms with van der Waals surface area (Å²) in [5.74, 6) is 0.207. The van der Waals surface area contributed by atoms with Crippen molar-refractivity contribution in [1.29, 1.82) is 0 Å². The van der Waals surface area contributed by atoms with Crippen LogP contribution in [0.3, 0.4) is 0 Å². The number of aryl methyl sites for hydroxylation is 1. The molecule has 0 radical (unpaired) electrons. The number of ether oxygens (including phenoxy) is 1. The van der Waals surface area contributed by atoms with Crippen molar-refractivity contribution in [3.05, 3.63) is 33.9 Å². The summed E-state index contributed by atoms with van der Waals surface area (Å²) in [4.78, 5) is 22.2. The molecule has 6 heteroatoms. The highest BCUT2D eigenvalue weighted by atomic mass is 16.6. The van der Waals surface area contributed by atoms with E-state index in [1.807, 2.05) is 20.8 Å². The van der Waals surface area contributed by atoms with E-state index in [9.17, 15) is 14.9 Å². The molecule has 0 spiro atoms. The van der Waals surface area contributed by atoms with Gasteiger partial charge >= 0.3 is 0 Å². The molecule has 0 heterocycles. The summed E-state index contributed by atoms with van der Waals surface area (Å²) in [6, 6.07) is 4.42. The van der Waals surface area contributed by atoms with E-state index in [4.69, 9.17) is 4.74 Å². The third-order valence-corrected chi connectivity index (χ3v) is 2.55. The van der Waals surface area contributed by atoms with Crippen molar-refractivity contribution in [3.8, 4) is 5.75 Å². The number of carbonyl (C=O) groups is 1. The van der Waals surface area contributed by atoms with E-state index in [0.717, 1.165) is 0 Å². The molecule has 0 unspecified atom stereocenters. The molecule has 0 saturated heterocycles. The van der Waals surface area contributed by atoms with Crippen LogP contribution in [-0.2, 0) is 4.79 Å². The topological polar surface area (TPSA) is 81.5 Å². The fourth-order valence-corrected chi connectivity index (χ4v) is 1.63. The van der Waals surface area contributed by atoms with E-state index in [-0.39, 0.29) is 17.1 Å². The third kappa shape index (κ3) is 4.53. The van der Waals surface area contributed by atoms with Crippen LogP contribution in [0.4, 0.5) is 5.69 Å². The maximum atomic E-state index is 11.9. The van der Waals surface area contributed by atoms with Crippen LogP contribution in [0.25, 0.3) is 0 Å². The van der Waals surface area contributed by atoms with Crippen LogP contribution in [0.1, 0.15) is 33.3 Å². The highest BCUT2D eigenvalue weighted by molar-refractivity contribution is 5.81. The fraction of sp³-hybridized carbons (Fsp3) is 0.500. The summed E-state index contributed by atoms with van der Waals surface area (Å²) in [5.41, 5.74) is 0.195. The zero-order valence-electron chi connectivity index (χ0n) is 12.4. The van der Waals surface area contributed by atoms with Crippen molar-refractivity contribution in [2.45, 2.75) is 46.3 Å². The molecule has 1 atom stereocenters. The van der Waals surface area contributed by atoms with Crippen LogP contribution in [0.2, 0.25) is 0 Å². The minimum absolute atomic E-state index is 0.0316. The predicted octanol–water partition coefficient (Wildman–Crippen LogP) is 2.59.